The van der Waals surface area contributed by atoms with Gasteiger partial charge in [0.25, 0.3) is 0 Å². The fraction of sp³-hybridized carbons (Fsp3) is 0.500. The van der Waals surface area contributed by atoms with Crippen molar-refractivity contribution in [3.8, 4) is 0 Å². The van der Waals surface area contributed by atoms with Crippen molar-refractivity contribution < 1.29 is 4.79 Å². The molecule has 1 aliphatic carbocycles. The smallest absolute Gasteiger partial charge is 0.150 e. The topological polar surface area (TPSA) is 20.3 Å². The van der Waals surface area contributed by atoms with Crippen molar-refractivity contribution in [3.05, 3.63) is 35.4 Å². The van der Waals surface area contributed by atoms with E-state index in [9.17, 15) is 4.79 Å². The van der Waals surface area contributed by atoms with Crippen LogP contribution in [0.25, 0.3) is 0 Å². The monoisotopic (exact) mass is 217 g/mol. The Morgan fingerprint density at radius 2 is 1.94 bits per heavy atom. The molecule has 0 amide bonds. The molecule has 0 atom stereocenters. The molecule has 0 bridgehead atoms. The average molecular weight is 217 g/mol. The molecule has 0 saturated heterocycles. The maximum absolute atomic E-state index is 10.8. The van der Waals surface area contributed by atoms with Gasteiger partial charge >= 0.3 is 0 Å². The van der Waals surface area contributed by atoms with Crippen LogP contribution in [-0.2, 0) is 5.54 Å². The lowest BCUT2D eigenvalue weighted by molar-refractivity contribution is 0.112. The second kappa shape index (κ2) is 4.38. The van der Waals surface area contributed by atoms with Crippen LogP contribution in [0.3, 0.4) is 0 Å². The Morgan fingerprint density at radius 3 is 2.50 bits per heavy atom. The first-order chi connectivity index (χ1) is 7.69. The minimum atomic E-state index is 0.152. The molecular formula is C14H19NO. The summed E-state index contributed by atoms with van der Waals surface area (Å²) in [5, 5.41) is 0. The summed E-state index contributed by atoms with van der Waals surface area (Å²) in [6.45, 7) is 0. The highest BCUT2D eigenvalue weighted by atomic mass is 16.1. The summed E-state index contributed by atoms with van der Waals surface area (Å²) in [7, 11) is 4.28. The maximum atomic E-state index is 10.8. The predicted molar refractivity (Wildman–Crippen MR) is 65.7 cm³/mol. The fourth-order valence-electron chi connectivity index (χ4n) is 2.86. The summed E-state index contributed by atoms with van der Waals surface area (Å²) in [4.78, 5) is 13.1. The van der Waals surface area contributed by atoms with Crippen molar-refractivity contribution in [1.29, 1.82) is 0 Å². The molecule has 1 aliphatic rings. The lowest BCUT2D eigenvalue weighted by Gasteiger charge is -2.37. The zero-order valence-electron chi connectivity index (χ0n) is 10.1. The van der Waals surface area contributed by atoms with E-state index in [0.29, 0.717) is 0 Å². The summed E-state index contributed by atoms with van der Waals surface area (Å²) < 4.78 is 0. The van der Waals surface area contributed by atoms with Gasteiger partial charge in [-0.1, -0.05) is 31.0 Å². The highest BCUT2D eigenvalue weighted by Gasteiger charge is 2.37. The van der Waals surface area contributed by atoms with Gasteiger partial charge in [-0.2, -0.15) is 0 Å². The van der Waals surface area contributed by atoms with E-state index in [2.05, 4.69) is 25.1 Å². The van der Waals surface area contributed by atoms with Crippen LogP contribution in [0.1, 0.15) is 41.6 Å². The van der Waals surface area contributed by atoms with Crippen LogP contribution in [0.15, 0.2) is 24.3 Å². The first kappa shape index (κ1) is 11.3. The molecule has 1 saturated carbocycles. The fourth-order valence-corrected chi connectivity index (χ4v) is 2.86. The van der Waals surface area contributed by atoms with E-state index in [4.69, 9.17) is 0 Å². The van der Waals surface area contributed by atoms with Crippen molar-refractivity contribution in [2.45, 2.75) is 31.2 Å². The highest BCUT2D eigenvalue weighted by Crippen LogP contribution is 2.42. The predicted octanol–water partition coefficient (Wildman–Crippen LogP) is 2.83. The van der Waals surface area contributed by atoms with Gasteiger partial charge in [0.05, 0.1) is 0 Å². The third-order valence-electron chi connectivity index (χ3n) is 3.85. The summed E-state index contributed by atoms with van der Waals surface area (Å²) in [5.41, 5.74) is 2.23. The SMILES string of the molecule is CN(C)C1(c2cccc(C=O)c2)CCCC1. The van der Waals surface area contributed by atoms with Crippen LogP contribution in [0, 0.1) is 0 Å². The molecule has 86 valence electrons. The third-order valence-corrected chi connectivity index (χ3v) is 3.85. The molecule has 0 N–H and O–H groups in total. The molecule has 0 aromatic heterocycles. The van der Waals surface area contributed by atoms with Gasteiger partial charge in [0.1, 0.15) is 6.29 Å². The largest absolute Gasteiger partial charge is 0.300 e. The average Bonchev–Trinajstić information content (AvgIpc) is 2.79. The molecule has 0 spiro atoms. The first-order valence-electron chi connectivity index (χ1n) is 5.92. The van der Waals surface area contributed by atoms with Gasteiger partial charge in [-0.25, -0.2) is 0 Å². The molecule has 2 nitrogen and oxygen atoms in total. The van der Waals surface area contributed by atoms with Crippen molar-refractivity contribution in [2.75, 3.05) is 14.1 Å². The number of carbonyl (C=O) groups is 1. The first-order valence-corrected chi connectivity index (χ1v) is 5.92. The Hall–Kier alpha value is -1.15. The number of hydrogen-bond donors (Lipinski definition) is 0. The van der Waals surface area contributed by atoms with Crippen LogP contribution in [0.5, 0.6) is 0 Å². The summed E-state index contributed by atoms with van der Waals surface area (Å²) in [5.74, 6) is 0. The van der Waals surface area contributed by atoms with Gasteiger partial charge in [0.2, 0.25) is 0 Å². The second-order valence-electron chi connectivity index (χ2n) is 4.88. The molecule has 2 heteroatoms. The highest BCUT2D eigenvalue weighted by molar-refractivity contribution is 5.75. The standard InChI is InChI=1S/C14H19NO/c1-15(2)14(8-3-4-9-14)13-7-5-6-12(10-13)11-16/h5-7,10-11H,3-4,8-9H2,1-2H3. The molecule has 1 aromatic carbocycles. The number of nitrogens with zero attached hydrogens (tertiary/aromatic N) is 1. The normalized spacial score (nSPS) is 18.9. The van der Waals surface area contributed by atoms with Crippen LogP contribution in [-0.4, -0.2) is 25.3 Å². The van der Waals surface area contributed by atoms with E-state index in [1.807, 2.05) is 18.2 Å². The summed E-state index contributed by atoms with van der Waals surface area (Å²) in [6.07, 6.45) is 5.89. The van der Waals surface area contributed by atoms with Gasteiger partial charge in [-0.05, 0) is 38.6 Å². The van der Waals surface area contributed by atoms with Gasteiger partial charge < -0.3 is 0 Å². The van der Waals surface area contributed by atoms with Crippen molar-refractivity contribution >= 4 is 6.29 Å². The molecule has 0 unspecified atom stereocenters. The Labute approximate surface area is 97.3 Å². The van der Waals surface area contributed by atoms with E-state index < -0.39 is 0 Å². The zero-order valence-corrected chi connectivity index (χ0v) is 10.1. The molecule has 1 aromatic rings. The number of hydrogen-bond acceptors (Lipinski definition) is 2. The number of carbonyl (C=O) groups excluding carboxylic acids is 1. The van der Waals surface area contributed by atoms with E-state index in [1.165, 1.54) is 31.2 Å². The third kappa shape index (κ3) is 1.78. The van der Waals surface area contributed by atoms with Crippen LogP contribution in [0.2, 0.25) is 0 Å². The lowest BCUT2D eigenvalue weighted by atomic mass is 9.86. The van der Waals surface area contributed by atoms with Gasteiger partial charge in [0, 0.05) is 11.1 Å². The van der Waals surface area contributed by atoms with Crippen molar-refractivity contribution in [2.24, 2.45) is 0 Å². The van der Waals surface area contributed by atoms with Gasteiger partial charge in [0.15, 0.2) is 0 Å². The summed E-state index contributed by atoms with van der Waals surface area (Å²) >= 11 is 0. The molecule has 0 heterocycles. The minimum absolute atomic E-state index is 0.152. The Kier molecular flexibility index (Phi) is 3.10. The number of aldehydes is 1. The van der Waals surface area contributed by atoms with E-state index in [1.54, 1.807) is 0 Å². The molecule has 1 fully saturated rings. The Bertz CT molecular complexity index is 378. The molecule has 16 heavy (non-hydrogen) atoms. The molecule has 0 aliphatic heterocycles. The maximum Gasteiger partial charge on any atom is 0.150 e. The quantitative estimate of drug-likeness (QED) is 0.726. The summed E-state index contributed by atoms with van der Waals surface area (Å²) in [6, 6.07) is 8.05. The lowest BCUT2D eigenvalue weighted by Crippen LogP contribution is -2.38. The Balaban J connectivity index is 2.42. The zero-order chi connectivity index (χ0) is 11.6. The van der Waals surface area contributed by atoms with Crippen molar-refractivity contribution in [1.82, 2.24) is 4.90 Å². The Morgan fingerprint density at radius 1 is 1.25 bits per heavy atom. The van der Waals surface area contributed by atoms with Crippen LogP contribution < -0.4 is 0 Å². The van der Waals surface area contributed by atoms with Gasteiger partial charge in [-0.15, -0.1) is 0 Å². The van der Waals surface area contributed by atoms with Crippen molar-refractivity contribution in [3.63, 3.8) is 0 Å². The number of rotatable bonds is 3. The van der Waals surface area contributed by atoms with Crippen LogP contribution >= 0.6 is 0 Å². The van der Waals surface area contributed by atoms with Gasteiger partial charge in [-0.3, -0.25) is 9.69 Å². The molecular weight excluding hydrogens is 198 g/mol. The minimum Gasteiger partial charge on any atom is -0.300 e. The van der Waals surface area contributed by atoms with E-state index in [-0.39, 0.29) is 5.54 Å². The molecule has 2 rings (SSSR count). The molecule has 0 radical (unpaired) electrons. The number of benzene rings is 1. The van der Waals surface area contributed by atoms with E-state index in [0.717, 1.165) is 11.8 Å². The van der Waals surface area contributed by atoms with E-state index >= 15 is 0 Å². The second-order valence-corrected chi connectivity index (χ2v) is 4.88. The van der Waals surface area contributed by atoms with Crippen LogP contribution in [0.4, 0.5) is 0 Å².